The molecule has 0 spiro atoms. The van der Waals surface area contributed by atoms with E-state index >= 15 is 0 Å². The van der Waals surface area contributed by atoms with Crippen molar-refractivity contribution >= 4 is 5.82 Å². The summed E-state index contributed by atoms with van der Waals surface area (Å²) in [7, 11) is 4.24. The van der Waals surface area contributed by atoms with Gasteiger partial charge in [0.25, 0.3) is 0 Å². The molecule has 0 saturated heterocycles. The van der Waals surface area contributed by atoms with Gasteiger partial charge in [-0.3, -0.25) is 0 Å². The molecule has 1 aromatic heterocycles. The Balaban J connectivity index is 2.87. The lowest BCUT2D eigenvalue weighted by atomic mass is 10.2. The predicted molar refractivity (Wildman–Crippen MR) is 92.0 cm³/mol. The molecule has 1 unspecified atom stereocenters. The molecule has 1 heterocycles. The standard InChI is InChI=1S/C17H32N4/c1-7-9-18-12-16-10-14(3)19-17(11-16)21(8-2)15(4)13-20(5)6/h10-11,15,18H,7-9,12-13H2,1-6H3. The number of pyridine rings is 1. The Bertz CT molecular complexity index is 417. The third-order valence-electron chi connectivity index (χ3n) is 3.55. The van der Waals surface area contributed by atoms with Crippen LogP contribution in [0.25, 0.3) is 0 Å². The zero-order chi connectivity index (χ0) is 15.8. The summed E-state index contributed by atoms with van der Waals surface area (Å²) >= 11 is 0. The first-order valence-corrected chi connectivity index (χ1v) is 8.07. The Labute approximate surface area is 130 Å². The van der Waals surface area contributed by atoms with Crippen molar-refractivity contribution in [1.29, 1.82) is 0 Å². The largest absolute Gasteiger partial charge is 0.353 e. The molecule has 0 radical (unpaired) electrons. The molecule has 0 saturated carbocycles. The number of nitrogens with zero attached hydrogens (tertiary/aromatic N) is 3. The minimum absolute atomic E-state index is 0.454. The van der Waals surface area contributed by atoms with Crippen molar-refractivity contribution in [3.8, 4) is 0 Å². The molecule has 4 heteroatoms. The highest BCUT2D eigenvalue weighted by Gasteiger charge is 2.15. The van der Waals surface area contributed by atoms with Gasteiger partial charge in [0.2, 0.25) is 0 Å². The lowest BCUT2D eigenvalue weighted by molar-refractivity contribution is 0.372. The van der Waals surface area contributed by atoms with Crippen LogP contribution in [0.15, 0.2) is 12.1 Å². The lowest BCUT2D eigenvalue weighted by Crippen LogP contribution is -2.40. The van der Waals surface area contributed by atoms with Crippen molar-refractivity contribution in [2.75, 3.05) is 38.6 Å². The minimum atomic E-state index is 0.454. The molecule has 21 heavy (non-hydrogen) atoms. The van der Waals surface area contributed by atoms with Gasteiger partial charge in [-0.1, -0.05) is 6.92 Å². The second-order valence-corrected chi connectivity index (χ2v) is 6.05. The molecule has 1 N–H and O–H groups in total. The number of aromatic nitrogens is 1. The van der Waals surface area contributed by atoms with Crippen molar-refractivity contribution in [3.63, 3.8) is 0 Å². The van der Waals surface area contributed by atoms with Gasteiger partial charge in [0, 0.05) is 31.4 Å². The summed E-state index contributed by atoms with van der Waals surface area (Å²) in [6.45, 7) is 12.7. The molecule has 0 aromatic carbocycles. The van der Waals surface area contributed by atoms with Crippen LogP contribution in [-0.2, 0) is 6.54 Å². The number of anilines is 1. The highest BCUT2D eigenvalue weighted by molar-refractivity contribution is 5.43. The summed E-state index contributed by atoms with van der Waals surface area (Å²) in [5, 5.41) is 3.47. The molecule has 0 fully saturated rings. The number of nitrogens with one attached hydrogen (secondary N) is 1. The van der Waals surface area contributed by atoms with Crippen LogP contribution in [0.5, 0.6) is 0 Å². The molecule has 4 nitrogen and oxygen atoms in total. The Morgan fingerprint density at radius 1 is 1.24 bits per heavy atom. The van der Waals surface area contributed by atoms with Crippen LogP contribution in [-0.4, -0.2) is 49.7 Å². The van der Waals surface area contributed by atoms with E-state index in [1.54, 1.807) is 0 Å². The van der Waals surface area contributed by atoms with Crippen molar-refractivity contribution < 1.29 is 0 Å². The van der Waals surface area contributed by atoms with Gasteiger partial charge < -0.3 is 15.1 Å². The first-order chi connectivity index (χ1) is 9.97. The molecule has 1 rings (SSSR count). The smallest absolute Gasteiger partial charge is 0.129 e. The van der Waals surface area contributed by atoms with E-state index in [9.17, 15) is 0 Å². The van der Waals surface area contributed by atoms with Gasteiger partial charge in [0.1, 0.15) is 5.82 Å². The molecule has 120 valence electrons. The van der Waals surface area contributed by atoms with E-state index in [-0.39, 0.29) is 0 Å². The zero-order valence-corrected chi connectivity index (χ0v) is 14.6. The fourth-order valence-electron chi connectivity index (χ4n) is 2.71. The van der Waals surface area contributed by atoms with E-state index in [0.717, 1.165) is 44.1 Å². The van der Waals surface area contributed by atoms with E-state index in [1.807, 2.05) is 0 Å². The summed E-state index contributed by atoms with van der Waals surface area (Å²) in [4.78, 5) is 9.36. The fourth-order valence-corrected chi connectivity index (χ4v) is 2.71. The topological polar surface area (TPSA) is 31.4 Å². The number of hydrogen-bond acceptors (Lipinski definition) is 4. The molecule has 0 aliphatic carbocycles. The molecule has 0 amide bonds. The van der Waals surface area contributed by atoms with Crippen molar-refractivity contribution in [2.45, 2.75) is 46.7 Å². The van der Waals surface area contributed by atoms with E-state index in [0.29, 0.717) is 6.04 Å². The maximum Gasteiger partial charge on any atom is 0.129 e. The summed E-state index contributed by atoms with van der Waals surface area (Å²) in [6, 6.07) is 4.86. The van der Waals surface area contributed by atoms with Gasteiger partial charge in [0.15, 0.2) is 0 Å². The fraction of sp³-hybridized carbons (Fsp3) is 0.706. The van der Waals surface area contributed by atoms with Crippen LogP contribution in [0.4, 0.5) is 5.82 Å². The zero-order valence-electron chi connectivity index (χ0n) is 14.6. The highest BCUT2D eigenvalue weighted by Crippen LogP contribution is 2.18. The maximum absolute atomic E-state index is 4.74. The summed E-state index contributed by atoms with van der Waals surface area (Å²) in [5.41, 5.74) is 2.41. The molecular weight excluding hydrogens is 260 g/mol. The highest BCUT2D eigenvalue weighted by atomic mass is 15.2. The number of hydrogen-bond donors (Lipinski definition) is 1. The normalized spacial score (nSPS) is 12.7. The van der Waals surface area contributed by atoms with Gasteiger partial charge in [-0.2, -0.15) is 0 Å². The van der Waals surface area contributed by atoms with Crippen LogP contribution < -0.4 is 10.2 Å². The third kappa shape index (κ3) is 6.02. The summed E-state index contributed by atoms with van der Waals surface area (Å²) < 4.78 is 0. The monoisotopic (exact) mass is 292 g/mol. The molecule has 1 aromatic rings. The van der Waals surface area contributed by atoms with E-state index in [2.05, 4.69) is 69.0 Å². The van der Waals surface area contributed by atoms with Crippen LogP contribution in [0.2, 0.25) is 0 Å². The van der Waals surface area contributed by atoms with Crippen LogP contribution >= 0.6 is 0 Å². The first-order valence-electron chi connectivity index (χ1n) is 8.07. The quantitative estimate of drug-likeness (QED) is 0.709. The van der Waals surface area contributed by atoms with Crippen molar-refractivity contribution in [1.82, 2.24) is 15.2 Å². The van der Waals surface area contributed by atoms with Gasteiger partial charge in [-0.25, -0.2) is 4.98 Å². The molecule has 0 bridgehead atoms. The molecular formula is C17H32N4. The van der Waals surface area contributed by atoms with Crippen molar-refractivity contribution in [2.24, 2.45) is 0 Å². The molecule has 1 atom stereocenters. The van der Waals surface area contributed by atoms with Crippen LogP contribution in [0.1, 0.15) is 38.4 Å². The molecule has 0 aliphatic heterocycles. The second kappa shape index (κ2) is 9.00. The van der Waals surface area contributed by atoms with Crippen LogP contribution in [0.3, 0.4) is 0 Å². The Morgan fingerprint density at radius 3 is 2.52 bits per heavy atom. The van der Waals surface area contributed by atoms with E-state index < -0.39 is 0 Å². The van der Waals surface area contributed by atoms with Gasteiger partial charge in [-0.05, 0) is 65.5 Å². The van der Waals surface area contributed by atoms with Crippen LogP contribution in [0, 0.1) is 6.92 Å². The number of rotatable bonds is 9. The first kappa shape index (κ1) is 17.9. The average Bonchev–Trinajstić information content (AvgIpc) is 2.38. The van der Waals surface area contributed by atoms with E-state index in [4.69, 9.17) is 4.98 Å². The molecule has 0 aliphatic rings. The lowest BCUT2D eigenvalue weighted by Gasteiger charge is -2.31. The Kier molecular flexibility index (Phi) is 7.68. The Hall–Kier alpha value is -1.13. The minimum Gasteiger partial charge on any atom is -0.353 e. The SMILES string of the molecule is CCCNCc1cc(C)nc(N(CC)C(C)CN(C)C)c1. The van der Waals surface area contributed by atoms with Gasteiger partial charge in [-0.15, -0.1) is 0 Å². The predicted octanol–water partition coefficient (Wildman–Crippen LogP) is 2.67. The summed E-state index contributed by atoms with van der Waals surface area (Å²) in [5.74, 6) is 1.10. The van der Waals surface area contributed by atoms with E-state index in [1.165, 1.54) is 5.56 Å². The Morgan fingerprint density at radius 2 is 1.95 bits per heavy atom. The third-order valence-corrected chi connectivity index (χ3v) is 3.55. The number of aryl methyl sites for hydroxylation is 1. The number of likely N-dealkylation sites (N-methyl/N-ethyl adjacent to an activating group) is 2. The average molecular weight is 292 g/mol. The maximum atomic E-state index is 4.74. The summed E-state index contributed by atoms with van der Waals surface area (Å²) in [6.07, 6.45) is 1.16. The second-order valence-electron chi connectivity index (χ2n) is 6.05. The van der Waals surface area contributed by atoms with Gasteiger partial charge >= 0.3 is 0 Å². The van der Waals surface area contributed by atoms with Crippen molar-refractivity contribution in [3.05, 3.63) is 23.4 Å². The van der Waals surface area contributed by atoms with Gasteiger partial charge in [0.05, 0.1) is 0 Å².